The summed E-state index contributed by atoms with van der Waals surface area (Å²) in [4.78, 5) is 16.0. The van der Waals surface area contributed by atoms with Gasteiger partial charge in [-0.2, -0.15) is 5.26 Å². The molecular weight excluding hydrogens is 316 g/mol. The van der Waals surface area contributed by atoms with Crippen molar-refractivity contribution in [1.29, 1.82) is 5.26 Å². The number of nitriles is 1. The van der Waals surface area contributed by atoms with E-state index in [4.69, 9.17) is 10.00 Å². The average molecular weight is 335 g/mol. The number of nitrogens with zero attached hydrogens (tertiary/aromatic N) is 3. The molecule has 0 saturated carbocycles. The van der Waals surface area contributed by atoms with Crippen LogP contribution in [-0.2, 0) is 9.53 Å². The molecule has 0 aromatic heterocycles. The highest BCUT2D eigenvalue weighted by Gasteiger charge is 2.38. The third-order valence-corrected chi connectivity index (χ3v) is 4.51. The molecule has 2 saturated heterocycles. The molecule has 0 bridgehead atoms. The van der Waals surface area contributed by atoms with Gasteiger partial charge in [-0.1, -0.05) is 0 Å². The van der Waals surface area contributed by atoms with Gasteiger partial charge in [0.15, 0.2) is 6.10 Å². The molecule has 1 aromatic carbocycles. The number of hydrogen-bond donors (Lipinski definition) is 0. The molecule has 1 aromatic rings. The van der Waals surface area contributed by atoms with E-state index in [1.807, 2.05) is 17.0 Å². The third-order valence-electron chi connectivity index (χ3n) is 4.51. The van der Waals surface area contributed by atoms with Gasteiger partial charge in [0.2, 0.25) is 0 Å². The first-order valence-electron chi connectivity index (χ1n) is 8.02. The molecule has 128 valence electrons. The summed E-state index contributed by atoms with van der Waals surface area (Å²) in [5.41, 5.74) is 1.49. The van der Waals surface area contributed by atoms with E-state index in [0.717, 1.165) is 5.69 Å². The van der Waals surface area contributed by atoms with Crippen LogP contribution in [0.3, 0.4) is 0 Å². The molecule has 2 aliphatic heterocycles. The number of rotatable bonds is 2. The molecule has 2 aliphatic rings. The normalized spacial score (nSPS) is 23.6. The number of hydrogen-bond acceptors (Lipinski definition) is 4. The van der Waals surface area contributed by atoms with Crippen LogP contribution in [0.5, 0.6) is 0 Å². The number of ether oxygens (including phenoxy) is 1. The Kier molecular flexibility index (Phi) is 4.67. The molecule has 1 atom stereocenters. The maximum Gasteiger partial charge on any atom is 0.253 e. The van der Waals surface area contributed by atoms with E-state index in [0.29, 0.717) is 25.3 Å². The highest BCUT2D eigenvalue weighted by Crippen LogP contribution is 2.28. The first-order valence-corrected chi connectivity index (χ1v) is 8.02. The van der Waals surface area contributed by atoms with E-state index in [1.54, 1.807) is 12.1 Å². The van der Waals surface area contributed by atoms with Crippen LogP contribution in [0.2, 0.25) is 0 Å². The molecule has 3 rings (SSSR count). The minimum atomic E-state index is -2.67. The highest BCUT2D eigenvalue weighted by atomic mass is 19.3. The zero-order valence-electron chi connectivity index (χ0n) is 13.3. The Balaban J connectivity index is 1.62. The molecule has 1 unspecified atom stereocenters. The fourth-order valence-electron chi connectivity index (χ4n) is 3.04. The third kappa shape index (κ3) is 3.65. The number of morpholine rings is 1. The Morgan fingerprint density at radius 3 is 2.50 bits per heavy atom. The summed E-state index contributed by atoms with van der Waals surface area (Å²) < 4.78 is 32.0. The van der Waals surface area contributed by atoms with Crippen molar-refractivity contribution >= 4 is 11.6 Å². The summed E-state index contributed by atoms with van der Waals surface area (Å²) in [6, 6.07) is 9.21. The largest absolute Gasteiger partial charge is 0.366 e. The quantitative estimate of drug-likeness (QED) is 0.830. The predicted molar refractivity (Wildman–Crippen MR) is 83.9 cm³/mol. The second-order valence-electron chi connectivity index (χ2n) is 6.15. The maximum atomic E-state index is 13.2. The van der Waals surface area contributed by atoms with Crippen molar-refractivity contribution in [2.75, 3.05) is 37.7 Å². The van der Waals surface area contributed by atoms with E-state index in [-0.39, 0.29) is 31.8 Å². The number of carbonyl (C=O) groups is 1. The summed E-state index contributed by atoms with van der Waals surface area (Å²) in [5, 5.41) is 8.85. The standard InChI is InChI=1S/C17H19F2N3O2/c18-17(19)5-7-21(8-6-17)16(23)15-12-22(9-10-24-15)14-3-1-13(11-20)2-4-14/h1-4,15H,5-10,12H2. The Labute approximate surface area is 139 Å². The van der Waals surface area contributed by atoms with E-state index in [2.05, 4.69) is 6.07 Å². The van der Waals surface area contributed by atoms with E-state index >= 15 is 0 Å². The summed E-state index contributed by atoms with van der Waals surface area (Å²) in [5.74, 6) is -2.89. The van der Waals surface area contributed by atoms with Gasteiger partial charge in [-0.25, -0.2) is 8.78 Å². The molecule has 7 heteroatoms. The van der Waals surface area contributed by atoms with Gasteiger partial charge >= 0.3 is 0 Å². The predicted octanol–water partition coefficient (Wildman–Crippen LogP) is 2.02. The summed E-state index contributed by atoms with van der Waals surface area (Å²) in [6.45, 7) is 1.58. The van der Waals surface area contributed by atoms with Crippen molar-refractivity contribution in [3.05, 3.63) is 29.8 Å². The molecule has 5 nitrogen and oxygen atoms in total. The van der Waals surface area contributed by atoms with Crippen LogP contribution in [0.1, 0.15) is 18.4 Å². The summed E-state index contributed by atoms with van der Waals surface area (Å²) >= 11 is 0. The van der Waals surface area contributed by atoms with E-state index < -0.39 is 12.0 Å². The summed E-state index contributed by atoms with van der Waals surface area (Å²) in [6.07, 6.45) is -1.21. The van der Waals surface area contributed by atoms with Crippen molar-refractivity contribution in [3.8, 4) is 6.07 Å². The number of halogens is 2. The molecule has 1 amide bonds. The topological polar surface area (TPSA) is 56.6 Å². The molecule has 0 aliphatic carbocycles. The van der Waals surface area contributed by atoms with Gasteiger partial charge in [-0.05, 0) is 24.3 Å². The van der Waals surface area contributed by atoms with Gasteiger partial charge < -0.3 is 14.5 Å². The molecule has 2 heterocycles. The molecule has 24 heavy (non-hydrogen) atoms. The second kappa shape index (κ2) is 6.73. The first-order chi connectivity index (χ1) is 11.5. The number of benzene rings is 1. The lowest BCUT2D eigenvalue weighted by atomic mass is 10.1. The number of alkyl halides is 2. The van der Waals surface area contributed by atoms with Crippen molar-refractivity contribution in [2.45, 2.75) is 24.9 Å². The fourth-order valence-corrected chi connectivity index (χ4v) is 3.04. The van der Waals surface area contributed by atoms with Gasteiger partial charge in [0.05, 0.1) is 24.8 Å². The fraction of sp³-hybridized carbons (Fsp3) is 0.529. The smallest absolute Gasteiger partial charge is 0.253 e. The van der Waals surface area contributed by atoms with Crippen LogP contribution < -0.4 is 4.90 Å². The van der Waals surface area contributed by atoms with Crippen molar-refractivity contribution in [2.24, 2.45) is 0 Å². The number of anilines is 1. The maximum absolute atomic E-state index is 13.2. The minimum Gasteiger partial charge on any atom is -0.366 e. The van der Waals surface area contributed by atoms with Crippen LogP contribution >= 0.6 is 0 Å². The Morgan fingerprint density at radius 2 is 1.88 bits per heavy atom. The zero-order valence-corrected chi connectivity index (χ0v) is 13.3. The Morgan fingerprint density at radius 1 is 1.21 bits per heavy atom. The van der Waals surface area contributed by atoms with Gasteiger partial charge in [-0.15, -0.1) is 0 Å². The Hall–Kier alpha value is -2.20. The lowest BCUT2D eigenvalue weighted by Gasteiger charge is -2.38. The highest BCUT2D eigenvalue weighted by molar-refractivity contribution is 5.82. The van der Waals surface area contributed by atoms with E-state index in [1.165, 1.54) is 4.90 Å². The molecule has 0 spiro atoms. The van der Waals surface area contributed by atoms with Crippen LogP contribution in [0.25, 0.3) is 0 Å². The molecule has 0 N–H and O–H groups in total. The Bertz CT molecular complexity index is 632. The molecular formula is C17H19F2N3O2. The van der Waals surface area contributed by atoms with Crippen LogP contribution in [0.4, 0.5) is 14.5 Å². The number of likely N-dealkylation sites (tertiary alicyclic amines) is 1. The SMILES string of the molecule is N#Cc1ccc(N2CCOC(C(=O)N3CCC(F)(F)CC3)C2)cc1. The first kappa shape index (κ1) is 16.7. The lowest BCUT2D eigenvalue weighted by molar-refractivity contribution is -0.150. The number of carbonyl (C=O) groups excluding carboxylic acids is 1. The number of piperidine rings is 1. The van der Waals surface area contributed by atoms with Gasteiger partial charge in [0.25, 0.3) is 11.8 Å². The zero-order chi connectivity index (χ0) is 17.2. The molecule has 0 radical (unpaired) electrons. The van der Waals surface area contributed by atoms with Gasteiger partial charge in [-0.3, -0.25) is 4.79 Å². The second-order valence-corrected chi connectivity index (χ2v) is 6.15. The minimum absolute atomic E-state index is 0.0720. The van der Waals surface area contributed by atoms with Crippen molar-refractivity contribution in [1.82, 2.24) is 4.90 Å². The van der Waals surface area contributed by atoms with Gasteiger partial charge in [0.1, 0.15) is 0 Å². The van der Waals surface area contributed by atoms with Crippen molar-refractivity contribution in [3.63, 3.8) is 0 Å². The van der Waals surface area contributed by atoms with Crippen LogP contribution in [0.15, 0.2) is 24.3 Å². The average Bonchev–Trinajstić information content (AvgIpc) is 2.61. The molecule has 2 fully saturated rings. The van der Waals surface area contributed by atoms with Crippen LogP contribution in [0, 0.1) is 11.3 Å². The summed E-state index contributed by atoms with van der Waals surface area (Å²) in [7, 11) is 0. The van der Waals surface area contributed by atoms with Gasteiger partial charge in [0, 0.05) is 38.2 Å². The monoisotopic (exact) mass is 335 g/mol. The lowest BCUT2D eigenvalue weighted by Crippen LogP contribution is -2.53. The van der Waals surface area contributed by atoms with E-state index in [9.17, 15) is 13.6 Å². The van der Waals surface area contributed by atoms with Crippen LogP contribution in [-0.4, -0.2) is 55.6 Å². The van der Waals surface area contributed by atoms with Crippen molar-refractivity contribution < 1.29 is 18.3 Å². The number of amides is 1.